The highest BCUT2D eigenvalue weighted by atomic mass is 127. The Morgan fingerprint density at radius 1 is 1.45 bits per heavy atom. The molecule has 0 aliphatic heterocycles. The van der Waals surface area contributed by atoms with Gasteiger partial charge in [0, 0.05) is 6.20 Å². The molecule has 1 atom stereocenters. The zero-order chi connectivity index (χ0) is 8.43. The van der Waals surface area contributed by atoms with Gasteiger partial charge in [0.25, 0.3) is 0 Å². The van der Waals surface area contributed by atoms with Crippen LogP contribution >= 0.6 is 22.6 Å². The van der Waals surface area contributed by atoms with Crippen molar-refractivity contribution in [3.05, 3.63) is 18.0 Å². The highest BCUT2D eigenvalue weighted by Gasteiger charge is 2.04. The van der Waals surface area contributed by atoms with Gasteiger partial charge in [0.15, 0.2) is 0 Å². The van der Waals surface area contributed by atoms with E-state index in [2.05, 4.69) is 54.7 Å². The van der Waals surface area contributed by atoms with Crippen molar-refractivity contribution in [2.45, 2.75) is 30.7 Å². The van der Waals surface area contributed by atoms with E-state index in [0.29, 0.717) is 9.97 Å². The third-order valence-corrected chi connectivity index (χ3v) is 2.22. The molecule has 0 fully saturated rings. The first-order valence-corrected chi connectivity index (χ1v) is 5.04. The number of hydrogen-bond acceptors (Lipinski definition) is 1. The van der Waals surface area contributed by atoms with Gasteiger partial charge in [-0.15, -0.1) is 0 Å². The second kappa shape index (κ2) is 3.56. The topological polar surface area (TPSA) is 17.8 Å². The Morgan fingerprint density at radius 3 is 2.36 bits per heavy atom. The summed E-state index contributed by atoms with van der Waals surface area (Å²) in [6, 6.07) is 0. The molecule has 2 nitrogen and oxygen atoms in total. The second-order valence-corrected chi connectivity index (χ2v) is 4.79. The molecule has 0 N–H and O–H groups in total. The number of aromatic nitrogens is 2. The van der Waals surface area contributed by atoms with E-state index < -0.39 is 0 Å². The lowest BCUT2D eigenvalue weighted by Gasteiger charge is -2.02. The van der Waals surface area contributed by atoms with E-state index in [0.717, 1.165) is 0 Å². The van der Waals surface area contributed by atoms with Gasteiger partial charge in [-0.25, -0.2) is 0 Å². The van der Waals surface area contributed by atoms with Crippen LogP contribution in [0.25, 0.3) is 0 Å². The first kappa shape index (κ1) is 9.03. The molecule has 1 rings (SSSR count). The summed E-state index contributed by atoms with van der Waals surface area (Å²) < 4.78 is 2.43. The summed E-state index contributed by atoms with van der Waals surface area (Å²) in [4.78, 5) is 0. The molecule has 1 aromatic heterocycles. The van der Waals surface area contributed by atoms with E-state index in [-0.39, 0.29) is 0 Å². The zero-order valence-electron chi connectivity index (χ0n) is 7.08. The van der Waals surface area contributed by atoms with Crippen molar-refractivity contribution in [3.8, 4) is 0 Å². The lowest BCUT2D eigenvalue weighted by molar-refractivity contribution is 0.663. The molecule has 0 aromatic carbocycles. The van der Waals surface area contributed by atoms with Gasteiger partial charge in [-0.1, -0.05) is 36.4 Å². The number of alkyl halides is 1. The van der Waals surface area contributed by atoms with E-state index in [1.807, 2.05) is 10.9 Å². The first-order valence-electron chi connectivity index (χ1n) is 3.79. The van der Waals surface area contributed by atoms with Crippen LogP contribution < -0.4 is 0 Å². The molecular formula is C8H13IN2. The zero-order valence-corrected chi connectivity index (χ0v) is 9.24. The Bertz CT molecular complexity index is 205. The predicted molar refractivity (Wildman–Crippen MR) is 55.0 cm³/mol. The van der Waals surface area contributed by atoms with Crippen LogP contribution in [0.2, 0.25) is 0 Å². The SMILES string of the molecule is CC(C)c1cnn([C@H](C)I)c1. The van der Waals surface area contributed by atoms with Crippen LogP contribution in [-0.4, -0.2) is 9.78 Å². The van der Waals surface area contributed by atoms with Crippen molar-refractivity contribution >= 4 is 22.6 Å². The van der Waals surface area contributed by atoms with Gasteiger partial charge >= 0.3 is 0 Å². The number of halogens is 1. The Balaban J connectivity index is 2.82. The van der Waals surface area contributed by atoms with Crippen LogP contribution in [0.5, 0.6) is 0 Å². The molecule has 1 heterocycles. The number of rotatable bonds is 2. The molecule has 11 heavy (non-hydrogen) atoms. The Morgan fingerprint density at radius 2 is 2.09 bits per heavy atom. The molecule has 0 saturated carbocycles. The van der Waals surface area contributed by atoms with Gasteiger partial charge in [0.05, 0.1) is 6.20 Å². The fourth-order valence-electron chi connectivity index (χ4n) is 0.845. The smallest absolute Gasteiger partial charge is 0.100 e. The summed E-state index contributed by atoms with van der Waals surface area (Å²) in [7, 11) is 0. The van der Waals surface area contributed by atoms with Gasteiger partial charge in [0.2, 0.25) is 0 Å². The Hall–Kier alpha value is -0.0600. The van der Waals surface area contributed by atoms with Gasteiger partial charge < -0.3 is 0 Å². The molecule has 0 bridgehead atoms. The van der Waals surface area contributed by atoms with Crippen LogP contribution in [0.15, 0.2) is 12.4 Å². The summed E-state index contributed by atoms with van der Waals surface area (Å²) in [5.41, 5.74) is 1.31. The fourth-order valence-corrected chi connectivity index (χ4v) is 1.15. The van der Waals surface area contributed by atoms with Crippen molar-refractivity contribution in [2.75, 3.05) is 0 Å². The van der Waals surface area contributed by atoms with Crippen LogP contribution in [0.1, 0.15) is 36.3 Å². The van der Waals surface area contributed by atoms with Crippen LogP contribution in [0.4, 0.5) is 0 Å². The molecule has 1 aromatic rings. The van der Waals surface area contributed by atoms with Crippen LogP contribution in [0.3, 0.4) is 0 Å². The Labute approximate surface area is 81.1 Å². The monoisotopic (exact) mass is 264 g/mol. The minimum Gasteiger partial charge on any atom is -0.260 e. The summed E-state index contributed by atoms with van der Waals surface area (Å²) >= 11 is 2.35. The molecule has 0 unspecified atom stereocenters. The summed E-state index contributed by atoms with van der Waals surface area (Å²) in [6.07, 6.45) is 4.06. The molecule has 0 saturated heterocycles. The summed E-state index contributed by atoms with van der Waals surface area (Å²) in [5.74, 6) is 0.582. The minimum absolute atomic E-state index is 0.445. The standard InChI is InChI=1S/C8H13IN2/c1-6(2)8-4-10-11(5-8)7(3)9/h4-7H,1-3H3/t7-/m1/s1. The molecule has 0 spiro atoms. The van der Waals surface area contributed by atoms with Gasteiger partial charge in [-0.05, 0) is 18.4 Å². The van der Waals surface area contributed by atoms with E-state index in [4.69, 9.17) is 0 Å². The van der Waals surface area contributed by atoms with Crippen LogP contribution in [0, 0.1) is 0 Å². The summed E-state index contributed by atoms with van der Waals surface area (Å²) in [5, 5.41) is 4.25. The number of hydrogen-bond donors (Lipinski definition) is 0. The van der Waals surface area contributed by atoms with Crippen molar-refractivity contribution < 1.29 is 0 Å². The fraction of sp³-hybridized carbons (Fsp3) is 0.625. The minimum atomic E-state index is 0.445. The molecule has 0 amide bonds. The third-order valence-electron chi connectivity index (χ3n) is 1.65. The molecule has 0 radical (unpaired) electrons. The lowest BCUT2D eigenvalue weighted by atomic mass is 10.1. The second-order valence-electron chi connectivity index (χ2n) is 2.98. The first-order chi connectivity index (χ1) is 5.11. The molecule has 0 aliphatic rings. The van der Waals surface area contributed by atoms with E-state index in [1.54, 1.807) is 0 Å². The van der Waals surface area contributed by atoms with Crippen molar-refractivity contribution in [3.63, 3.8) is 0 Å². The quantitative estimate of drug-likeness (QED) is 0.593. The largest absolute Gasteiger partial charge is 0.260 e. The number of nitrogens with zero attached hydrogens (tertiary/aromatic N) is 2. The van der Waals surface area contributed by atoms with Gasteiger partial charge in [0.1, 0.15) is 4.05 Å². The van der Waals surface area contributed by atoms with Gasteiger partial charge in [-0.3, -0.25) is 4.68 Å². The molecule has 62 valence electrons. The van der Waals surface area contributed by atoms with E-state index in [9.17, 15) is 0 Å². The third kappa shape index (κ3) is 2.18. The van der Waals surface area contributed by atoms with E-state index >= 15 is 0 Å². The van der Waals surface area contributed by atoms with Crippen LogP contribution in [-0.2, 0) is 0 Å². The highest BCUT2D eigenvalue weighted by molar-refractivity contribution is 14.1. The maximum absolute atomic E-state index is 4.25. The van der Waals surface area contributed by atoms with Gasteiger partial charge in [-0.2, -0.15) is 5.10 Å². The molecule has 3 heteroatoms. The lowest BCUT2D eigenvalue weighted by Crippen LogP contribution is -1.96. The average molecular weight is 264 g/mol. The molecular weight excluding hydrogens is 251 g/mol. The molecule has 0 aliphatic carbocycles. The maximum atomic E-state index is 4.25. The summed E-state index contributed by atoms with van der Waals surface area (Å²) in [6.45, 7) is 6.48. The average Bonchev–Trinajstić information content (AvgIpc) is 2.33. The maximum Gasteiger partial charge on any atom is 0.100 e. The predicted octanol–water partition coefficient (Wildman–Crippen LogP) is 2.96. The van der Waals surface area contributed by atoms with E-state index in [1.165, 1.54) is 5.56 Å². The highest BCUT2D eigenvalue weighted by Crippen LogP contribution is 2.17. The van der Waals surface area contributed by atoms with Crippen molar-refractivity contribution in [2.24, 2.45) is 0 Å². The Kier molecular flexibility index (Phi) is 2.92. The van der Waals surface area contributed by atoms with Crippen molar-refractivity contribution in [1.82, 2.24) is 9.78 Å². The van der Waals surface area contributed by atoms with Crippen molar-refractivity contribution in [1.29, 1.82) is 0 Å². The normalized spacial score (nSPS) is 13.9.